The molecule has 36 heavy (non-hydrogen) atoms. The van der Waals surface area contributed by atoms with Crippen LogP contribution in [0.2, 0.25) is 5.02 Å². The third-order valence-corrected chi connectivity index (χ3v) is 6.76. The van der Waals surface area contributed by atoms with Crippen LogP contribution in [0.5, 0.6) is 0 Å². The summed E-state index contributed by atoms with van der Waals surface area (Å²) in [5.74, 6) is -1.49. The molecule has 0 aliphatic carbocycles. The number of amides is 2. The van der Waals surface area contributed by atoms with Gasteiger partial charge in [0.25, 0.3) is 0 Å². The van der Waals surface area contributed by atoms with E-state index in [1.807, 2.05) is 0 Å². The molecule has 4 rings (SSSR count). The Bertz CT molecular complexity index is 1000. The normalized spacial score (nSPS) is 39.7. The van der Waals surface area contributed by atoms with Gasteiger partial charge in [-0.05, 0) is 18.2 Å². The maximum atomic E-state index is 13.1. The molecule has 14 nitrogen and oxygen atoms in total. The highest BCUT2D eigenvalue weighted by Gasteiger charge is 2.47. The molecule has 10 unspecified atom stereocenters. The molecule has 15 heteroatoms. The number of hydrogen-bond donors (Lipinski definition) is 8. The van der Waals surface area contributed by atoms with Gasteiger partial charge < -0.3 is 60.1 Å². The predicted octanol–water partition coefficient (Wildman–Crippen LogP) is -3.99. The van der Waals surface area contributed by atoms with Crippen LogP contribution in [0.25, 0.3) is 0 Å². The van der Waals surface area contributed by atoms with Crippen molar-refractivity contribution in [2.75, 3.05) is 22.9 Å². The molecule has 3 heterocycles. The summed E-state index contributed by atoms with van der Waals surface area (Å²) in [5, 5.41) is 80.0. The van der Waals surface area contributed by atoms with Crippen molar-refractivity contribution in [1.82, 2.24) is 0 Å². The van der Waals surface area contributed by atoms with Crippen LogP contribution in [-0.2, 0) is 19.1 Å². The number of carbonyl (C=O) groups excluding carboxylic acids is 2. The zero-order valence-electron chi connectivity index (χ0n) is 18.6. The predicted molar refractivity (Wildman–Crippen MR) is 119 cm³/mol. The highest BCUT2D eigenvalue weighted by molar-refractivity contribution is 6.31. The molecule has 2 saturated heterocycles. The van der Waals surface area contributed by atoms with E-state index in [9.17, 15) is 50.4 Å². The monoisotopic (exact) mass is 534 g/mol. The van der Waals surface area contributed by atoms with Crippen molar-refractivity contribution in [2.24, 2.45) is 0 Å². The van der Waals surface area contributed by atoms with Gasteiger partial charge in [0.15, 0.2) is 12.6 Å². The van der Waals surface area contributed by atoms with Crippen LogP contribution in [0, 0.1) is 0 Å². The number of ether oxygens (including phenoxy) is 2. The summed E-state index contributed by atoms with van der Waals surface area (Å²) < 4.78 is 10.4. The molecule has 2 fully saturated rings. The van der Waals surface area contributed by atoms with E-state index in [2.05, 4.69) is 0 Å². The van der Waals surface area contributed by atoms with Crippen molar-refractivity contribution in [1.29, 1.82) is 0 Å². The van der Waals surface area contributed by atoms with Gasteiger partial charge in [0.2, 0.25) is 11.8 Å². The highest BCUT2D eigenvalue weighted by atomic mass is 35.5. The zero-order chi connectivity index (χ0) is 26.5. The minimum atomic E-state index is -1.84. The fourth-order valence-electron chi connectivity index (χ4n) is 4.45. The Labute approximate surface area is 209 Å². The standard InChI is InChI=1S/C21H27ClN2O12/c22-7-1-2-8-9(3-7)24(6-11-15(28)17(30)19(32)21(34)36-11)13(26)4-12(25)23(8)5-10-14(27)16(29)18(31)20(33)35-10/h1-3,10-11,14-21,27-34H,4-6H2. The first kappa shape index (κ1) is 27.1. The van der Waals surface area contributed by atoms with Crippen LogP contribution in [0.15, 0.2) is 18.2 Å². The summed E-state index contributed by atoms with van der Waals surface area (Å²) in [6.45, 7) is -0.871. The van der Waals surface area contributed by atoms with E-state index in [0.29, 0.717) is 0 Å². The van der Waals surface area contributed by atoms with Gasteiger partial charge in [-0.15, -0.1) is 0 Å². The van der Waals surface area contributed by atoms with Crippen LogP contribution >= 0.6 is 11.6 Å². The molecule has 0 saturated carbocycles. The quantitative estimate of drug-likeness (QED) is 0.173. The van der Waals surface area contributed by atoms with E-state index < -0.39 is 92.7 Å². The Balaban J connectivity index is 1.66. The number of benzene rings is 1. The molecule has 2 amide bonds. The van der Waals surface area contributed by atoms with Crippen molar-refractivity contribution < 1.29 is 59.9 Å². The van der Waals surface area contributed by atoms with Crippen LogP contribution in [0.3, 0.4) is 0 Å². The molecule has 1 aromatic carbocycles. The van der Waals surface area contributed by atoms with Crippen molar-refractivity contribution >= 4 is 34.8 Å². The minimum absolute atomic E-state index is 0.0793. The fraction of sp³-hybridized carbons (Fsp3) is 0.619. The number of carbonyl (C=O) groups is 2. The Morgan fingerprint density at radius 3 is 1.61 bits per heavy atom. The molecule has 200 valence electrons. The Hall–Kier alpha value is -1.95. The van der Waals surface area contributed by atoms with E-state index in [1.165, 1.54) is 18.2 Å². The molecule has 0 spiro atoms. The van der Waals surface area contributed by atoms with Gasteiger partial charge in [-0.3, -0.25) is 9.59 Å². The Morgan fingerprint density at radius 2 is 1.14 bits per heavy atom. The molecule has 0 radical (unpaired) electrons. The highest BCUT2D eigenvalue weighted by Crippen LogP contribution is 2.37. The average molecular weight is 535 g/mol. The van der Waals surface area contributed by atoms with E-state index >= 15 is 0 Å². The van der Waals surface area contributed by atoms with Gasteiger partial charge in [0, 0.05) is 5.02 Å². The van der Waals surface area contributed by atoms with Gasteiger partial charge in [0.1, 0.15) is 55.3 Å². The number of anilines is 2. The van der Waals surface area contributed by atoms with Crippen molar-refractivity contribution in [2.45, 2.75) is 67.8 Å². The number of fused-ring (bicyclic) bond motifs is 1. The van der Waals surface area contributed by atoms with Crippen LogP contribution in [-0.4, -0.2) is 127 Å². The van der Waals surface area contributed by atoms with Gasteiger partial charge >= 0.3 is 0 Å². The molecule has 10 atom stereocenters. The van der Waals surface area contributed by atoms with Gasteiger partial charge in [-0.2, -0.15) is 0 Å². The van der Waals surface area contributed by atoms with Crippen LogP contribution < -0.4 is 9.80 Å². The molecule has 0 aromatic heterocycles. The summed E-state index contributed by atoms with van der Waals surface area (Å²) in [7, 11) is 0. The molecular weight excluding hydrogens is 508 g/mol. The summed E-state index contributed by atoms with van der Waals surface area (Å²) in [6, 6.07) is 4.18. The van der Waals surface area contributed by atoms with Crippen molar-refractivity contribution in [3.63, 3.8) is 0 Å². The Morgan fingerprint density at radius 1 is 0.694 bits per heavy atom. The largest absolute Gasteiger partial charge is 0.388 e. The molecule has 3 aliphatic rings. The lowest BCUT2D eigenvalue weighted by Crippen LogP contribution is -2.60. The third kappa shape index (κ3) is 4.94. The summed E-state index contributed by atoms with van der Waals surface area (Å²) in [5.41, 5.74) is 0.197. The van der Waals surface area contributed by atoms with Crippen LogP contribution in [0.1, 0.15) is 6.42 Å². The van der Waals surface area contributed by atoms with Gasteiger partial charge in [-0.1, -0.05) is 11.6 Å². The number of aliphatic hydroxyl groups is 8. The van der Waals surface area contributed by atoms with Crippen molar-refractivity contribution in [3.05, 3.63) is 23.2 Å². The molecule has 0 bridgehead atoms. The number of hydrogen-bond acceptors (Lipinski definition) is 12. The summed E-state index contributed by atoms with van der Waals surface area (Å²) in [4.78, 5) is 28.3. The van der Waals surface area contributed by atoms with E-state index in [1.54, 1.807) is 0 Å². The van der Waals surface area contributed by atoms with Crippen LogP contribution in [0.4, 0.5) is 11.4 Å². The van der Waals surface area contributed by atoms with E-state index in [-0.39, 0.29) is 16.4 Å². The summed E-state index contributed by atoms with van der Waals surface area (Å²) in [6.07, 6.45) is -17.5. The van der Waals surface area contributed by atoms with Gasteiger partial charge in [0.05, 0.1) is 24.5 Å². The average Bonchev–Trinajstić information content (AvgIpc) is 2.92. The number of nitrogens with zero attached hydrogens (tertiary/aromatic N) is 2. The second-order valence-corrected chi connectivity index (χ2v) is 9.33. The first-order chi connectivity index (χ1) is 16.9. The smallest absolute Gasteiger partial charge is 0.236 e. The molecule has 3 aliphatic heterocycles. The SMILES string of the molecule is O=C1CC(=O)N(CC2OC(O)C(O)C(O)C2O)c2cc(Cl)ccc2N1CC1OC(O)C(O)C(O)C1O. The summed E-state index contributed by atoms with van der Waals surface area (Å²) >= 11 is 6.14. The maximum absolute atomic E-state index is 13.1. The minimum Gasteiger partial charge on any atom is -0.388 e. The lowest BCUT2D eigenvalue weighted by molar-refractivity contribution is -0.279. The number of halogens is 1. The van der Waals surface area contributed by atoms with E-state index in [4.69, 9.17) is 21.1 Å². The van der Waals surface area contributed by atoms with Crippen molar-refractivity contribution in [3.8, 4) is 0 Å². The second-order valence-electron chi connectivity index (χ2n) is 8.89. The van der Waals surface area contributed by atoms with Gasteiger partial charge in [-0.25, -0.2) is 0 Å². The third-order valence-electron chi connectivity index (χ3n) is 6.52. The first-order valence-corrected chi connectivity index (χ1v) is 11.4. The molecular formula is C21H27ClN2O12. The number of aliphatic hydroxyl groups excluding tert-OH is 8. The maximum Gasteiger partial charge on any atom is 0.236 e. The fourth-order valence-corrected chi connectivity index (χ4v) is 4.62. The molecule has 8 N–H and O–H groups in total. The first-order valence-electron chi connectivity index (χ1n) is 11.1. The van der Waals surface area contributed by atoms with E-state index in [0.717, 1.165) is 9.80 Å². The topological polar surface area (TPSA) is 221 Å². The lowest BCUT2D eigenvalue weighted by atomic mass is 9.98. The molecule has 1 aromatic rings. The zero-order valence-corrected chi connectivity index (χ0v) is 19.4. The number of rotatable bonds is 4. The second kappa shape index (κ2) is 10.4. The Kier molecular flexibility index (Phi) is 7.85. The lowest BCUT2D eigenvalue weighted by Gasteiger charge is -2.41.